The van der Waals surface area contributed by atoms with Crippen LogP contribution in [0, 0.1) is 0 Å². The Morgan fingerprint density at radius 1 is 1.23 bits per heavy atom. The van der Waals surface area contributed by atoms with E-state index in [4.69, 9.17) is 5.73 Å². The Morgan fingerprint density at radius 2 is 1.95 bits per heavy atom. The number of benzene rings is 1. The van der Waals surface area contributed by atoms with Gasteiger partial charge < -0.3 is 5.73 Å². The average molecular weight is 323 g/mol. The highest BCUT2D eigenvalue weighted by Crippen LogP contribution is 2.31. The monoisotopic (exact) mass is 323 g/mol. The molecule has 1 aromatic rings. The zero-order valence-electron chi connectivity index (χ0n) is 12.2. The molecule has 2 N–H and O–H groups in total. The number of fused-ring (bicyclic) bond motifs is 1. The molecule has 1 fully saturated rings. The molecule has 0 spiro atoms. The molecule has 0 bridgehead atoms. The maximum Gasteiger partial charge on any atom is 0.263 e. The number of anilines is 1. The van der Waals surface area contributed by atoms with E-state index in [1.54, 1.807) is 18.2 Å². The number of amides is 2. The average Bonchev–Trinajstić information content (AvgIpc) is 2.71. The predicted octanol–water partition coefficient (Wildman–Crippen LogP) is 0.289. The van der Waals surface area contributed by atoms with Gasteiger partial charge in [0.15, 0.2) is 0 Å². The number of hydrogen-bond acceptors (Lipinski definition) is 5. The van der Waals surface area contributed by atoms with Crippen molar-refractivity contribution in [2.75, 3.05) is 25.1 Å². The van der Waals surface area contributed by atoms with Crippen LogP contribution in [0.2, 0.25) is 0 Å². The van der Waals surface area contributed by atoms with Crippen molar-refractivity contribution in [1.82, 2.24) is 9.21 Å². The molecule has 1 saturated heterocycles. The molecule has 0 radical (unpaired) electrons. The maximum absolute atomic E-state index is 12.5. The normalized spacial score (nSPS) is 23.0. The molecule has 2 heterocycles. The lowest BCUT2D eigenvalue weighted by atomic mass is 10.1. The molecule has 0 saturated carbocycles. The molecule has 7 nitrogen and oxygen atoms in total. The first-order chi connectivity index (χ1) is 10.3. The highest BCUT2D eigenvalue weighted by atomic mass is 32.2. The van der Waals surface area contributed by atoms with Gasteiger partial charge in [-0.15, -0.1) is 0 Å². The number of sulfonamides is 1. The minimum Gasteiger partial charge on any atom is -0.398 e. The fourth-order valence-electron chi connectivity index (χ4n) is 3.09. The fourth-order valence-corrected chi connectivity index (χ4v) is 4.00. The minimum absolute atomic E-state index is 0.143. The van der Waals surface area contributed by atoms with Crippen molar-refractivity contribution in [3.05, 3.63) is 29.3 Å². The summed E-state index contributed by atoms with van der Waals surface area (Å²) in [5.41, 5.74) is 6.60. The highest BCUT2D eigenvalue weighted by Gasteiger charge is 2.43. The number of nitrogens with two attached hydrogens (primary N) is 1. The second kappa shape index (κ2) is 5.06. The van der Waals surface area contributed by atoms with Crippen molar-refractivity contribution in [3.8, 4) is 0 Å². The van der Waals surface area contributed by atoms with Crippen molar-refractivity contribution in [3.63, 3.8) is 0 Å². The van der Waals surface area contributed by atoms with E-state index in [-0.39, 0.29) is 17.8 Å². The summed E-state index contributed by atoms with van der Waals surface area (Å²) in [6.07, 6.45) is 2.34. The van der Waals surface area contributed by atoms with Crippen LogP contribution in [0.5, 0.6) is 0 Å². The van der Waals surface area contributed by atoms with Crippen LogP contribution in [0.3, 0.4) is 0 Å². The van der Waals surface area contributed by atoms with E-state index < -0.39 is 27.9 Å². The Labute approximate surface area is 128 Å². The van der Waals surface area contributed by atoms with Crippen LogP contribution in [0.4, 0.5) is 5.69 Å². The van der Waals surface area contributed by atoms with Gasteiger partial charge in [-0.05, 0) is 25.0 Å². The van der Waals surface area contributed by atoms with Gasteiger partial charge >= 0.3 is 0 Å². The first-order valence-corrected chi connectivity index (χ1v) is 8.87. The van der Waals surface area contributed by atoms with E-state index in [1.165, 1.54) is 9.21 Å². The third-order valence-corrected chi connectivity index (χ3v) is 5.44. The molecular weight excluding hydrogens is 306 g/mol. The molecule has 22 heavy (non-hydrogen) atoms. The molecule has 8 heteroatoms. The minimum atomic E-state index is -3.34. The van der Waals surface area contributed by atoms with E-state index in [9.17, 15) is 18.0 Å². The van der Waals surface area contributed by atoms with Gasteiger partial charge in [0.05, 0.1) is 23.4 Å². The zero-order valence-corrected chi connectivity index (χ0v) is 13.0. The van der Waals surface area contributed by atoms with Crippen LogP contribution in [-0.2, 0) is 10.0 Å². The SMILES string of the molecule is CS(=O)(=O)N1CCC[C@@H](N2C(=O)c3cccc(N)c3C2=O)C1. The van der Waals surface area contributed by atoms with E-state index >= 15 is 0 Å². The molecule has 2 aliphatic rings. The van der Waals surface area contributed by atoms with Gasteiger partial charge in [0, 0.05) is 18.8 Å². The quantitative estimate of drug-likeness (QED) is 0.623. The predicted molar refractivity (Wildman–Crippen MR) is 80.8 cm³/mol. The maximum atomic E-state index is 12.5. The number of piperidine rings is 1. The highest BCUT2D eigenvalue weighted by molar-refractivity contribution is 7.88. The second-order valence-electron chi connectivity index (χ2n) is 5.67. The van der Waals surface area contributed by atoms with E-state index in [0.29, 0.717) is 24.9 Å². The van der Waals surface area contributed by atoms with Crippen LogP contribution < -0.4 is 5.73 Å². The summed E-state index contributed by atoms with van der Waals surface area (Å²) in [6.45, 7) is 0.560. The van der Waals surface area contributed by atoms with Gasteiger partial charge in [0.25, 0.3) is 11.8 Å². The van der Waals surface area contributed by atoms with E-state index in [1.807, 2.05) is 0 Å². The first-order valence-electron chi connectivity index (χ1n) is 7.02. The Balaban J connectivity index is 1.92. The van der Waals surface area contributed by atoms with Crippen LogP contribution in [0.25, 0.3) is 0 Å². The smallest absolute Gasteiger partial charge is 0.263 e. The van der Waals surface area contributed by atoms with Gasteiger partial charge in [-0.3, -0.25) is 14.5 Å². The zero-order chi connectivity index (χ0) is 16.1. The van der Waals surface area contributed by atoms with E-state index in [2.05, 4.69) is 0 Å². The standard InChI is InChI=1S/C14H17N3O4S/c1-22(20,21)16-7-3-4-9(8-16)17-13(18)10-5-2-6-11(15)12(10)14(17)19/h2,5-6,9H,3-4,7-8,15H2,1H3/t9-/m1/s1. The lowest BCUT2D eigenvalue weighted by molar-refractivity contribution is 0.0530. The lowest BCUT2D eigenvalue weighted by Crippen LogP contribution is -2.51. The third-order valence-electron chi connectivity index (χ3n) is 4.17. The second-order valence-corrected chi connectivity index (χ2v) is 7.65. The third kappa shape index (κ3) is 2.28. The number of hydrogen-bond donors (Lipinski definition) is 1. The molecule has 0 aliphatic carbocycles. The molecule has 2 aliphatic heterocycles. The van der Waals surface area contributed by atoms with Crippen molar-refractivity contribution in [2.24, 2.45) is 0 Å². The number of nitrogen functional groups attached to an aromatic ring is 1. The van der Waals surface area contributed by atoms with Crippen LogP contribution in [-0.4, -0.2) is 54.8 Å². The summed E-state index contributed by atoms with van der Waals surface area (Å²) in [4.78, 5) is 26.2. The summed E-state index contributed by atoms with van der Waals surface area (Å²) in [6, 6.07) is 4.34. The molecule has 1 atom stereocenters. The number of carbonyl (C=O) groups excluding carboxylic acids is 2. The summed E-state index contributed by atoms with van der Waals surface area (Å²) in [5, 5.41) is 0. The summed E-state index contributed by atoms with van der Waals surface area (Å²) in [5.74, 6) is -0.828. The van der Waals surface area contributed by atoms with E-state index in [0.717, 1.165) is 6.26 Å². The van der Waals surface area contributed by atoms with Crippen LogP contribution in [0.15, 0.2) is 18.2 Å². The van der Waals surface area contributed by atoms with Crippen LogP contribution >= 0.6 is 0 Å². The number of carbonyl (C=O) groups is 2. The van der Waals surface area contributed by atoms with Gasteiger partial charge in [0.1, 0.15) is 0 Å². The van der Waals surface area contributed by atoms with Crippen LogP contribution in [0.1, 0.15) is 33.6 Å². The lowest BCUT2D eigenvalue weighted by Gasteiger charge is -2.35. The number of nitrogens with zero attached hydrogens (tertiary/aromatic N) is 2. The van der Waals surface area contributed by atoms with Gasteiger partial charge in [-0.2, -0.15) is 0 Å². The van der Waals surface area contributed by atoms with Gasteiger partial charge in [0.2, 0.25) is 10.0 Å². The Kier molecular flexibility index (Phi) is 3.45. The largest absolute Gasteiger partial charge is 0.398 e. The van der Waals surface area contributed by atoms with Crippen molar-refractivity contribution in [1.29, 1.82) is 0 Å². The summed E-state index contributed by atoms with van der Waals surface area (Å²) < 4.78 is 24.7. The molecule has 2 amide bonds. The first kappa shape index (κ1) is 15.0. The molecule has 3 rings (SSSR count). The van der Waals surface area contributed by atoms with Crippen molar-refractivity contribution in [2.45, 2.75) is 18.9 Å². The number of imide groups is 1. The molecule has 118 valence electrons. The van der Waals surface area contributed by atoms with Gasteiger partial charge in [-0.25, -0.2) is 12.7 Å². The Hall–Kier alpha value is -1.93. The number of rotatable bonds is 2. The molecule has 0 aromatic heterocycles. The van der Waals surface area contributed by atoms with Gasteiger partial charge in [-0.1, -0.05) is 6.07 Å². The topological polar surface area (TPSA) is 101 Å². The Bertz CT molecular complexity index is 759. The van der Waals surface area contributed by atoms with Crippen molar-refractivity contribution >= 4 is 27.5 Å². The molecule has 1 aromatic carbocycles. The molecular formula is C14H17N3O4S. The fraction of sp³-hybridized carbons (Fsp3) is 0.429. The summed E-state index contributed by atoms with van der Waals surface area (Å²) >= 11 is 0. The summed E-state index contributed by atoms with van der Waals surface area (Å²) in [7, 11) is -3.34. The molecule has 0 unspecified atom stereocenters. The Morgan fingerprint density at radius 3 is 2.59 bits per heavy atom. The van der Waals surface area contributed by atoms with Crippen molar-refractivity contribution < 1.29 is 18.0 Å².